The number of nitrogens with zero attached hydrogens (tertiary/aromatic N) is 4. The fraction of sp³-hybridized carbons (Fsp3) is 0.364. The van der Waals surface area contributed by atoms with Crippen molar-refractivity contribution < 1.29 is 10.2 Å². The quantitative estimate of drug-likeness (QED) is 0.172. The maximum atomic E-state index is 11.9. The first kappa shape index (κ1) is 52.6. The monoisotopic (exact) mass is 1020 g/mol. The lowest BCUT2D eigenvalue weighted by Gasteiger charge is -2.27. The number of phenolic OH excluding ortho intramolecular Hbond substituents is 2. The van der Waals surface area contributed by atoms with Crippen LogP contribution in [0.2, 0.25) is 0 Å². The third-order valence-electron chi connectivity index (χ3n) is 14.3. The van der Waals surface area contributed by atoms with Crippen LogP contribution in [0.1, 0.15) is 158 Å². The van der Waals surface area contributed by atoms with E-state index < -0.39 is 0 Å². The van der Waals surface area contributed by atoms with E-state index in [1.165, 1.54) is 22.3 Å². The zero-order chi connectivity index (χ0) is 53.8. The Hall–Kier alpha value is -6.22. The van der Waals surface area contributed by atoms with Gasteiger partial charge in [-0.1, -0.05) is 173 Å². The Labute approximate surface area is 448 Å². The predicted octanol–water partition coefficient (Wildman–Crippen LogP) is 18.9. The number of fused-ring (bicyclic) bond motifs is 2. The summed E-state index contributed by atoms with van der Waals surface area (Å²) in [6.45, 7) is 39.7. The molecule has 6 aromatic carbocycles. The number of aromatic hydroxyl groups is 2. The van der Waals surface area contributed by atoms with Gasteiger partial charge in [-0.25, -0.2) is 19.9 Å². The van der Waals surface area contributed by atoms with Crippen LogP contribution in [0.3, 0.4) is 0 Å². The highest BCUT2D eigenvalue weighted by Crippen LogP contribution is 2.48. The molecule has 0 spiro atoms. The summed E-state index contributed by atoms with van der Waals surface area (Å²) in [6, 6.07) is 37.1. The van der Waals surface area contributed by atoms with Crippen LogP contribution < -0.4 is 0 Å². The first-order chi connectivity index (χ1) is 34.3. The van der Waals surface area contributed by atoms with Gasteiger partial charge in [0.05, 0.1) is 42.9 Å². The summed E-state index contributed by atoms with van der Waals surface area (Å²) >= 11 is 3.24. The van der Waals surface area contributed by atoms with E-state index in [0.29, 0.717) is 11.5 Å². The number of aromatic nitrogens is 4. The summed E-state index contributed by atoms with van der Waals surface area (Å²) in [4.78, 5) is 20.6. The van der Waals surface area contributed by atoms with Gasteiger partial charge in [-0.2, -0.15) is 0 Å². The molecule has 3 heterocycles. The molecule has 0 unspecified atom stereocenters. The molecule has 6 nitrogen and oxygen atoms in total. The van der Waals surface area contributed by atoms with Crippen molar-refractivity contribution in [1.29, 1.82) is 0 Å². The fourth-order valence-corrected chi connectivity index (χ4v) is 11.6. The molecule has 382 valence electrons. The van der Waals surface area contributed by atoms with Gasteiger partial charge in [-0.15, -0.1) is 22.7 Å². The molecule has 3 aromatic heterocycles. The van der Waals surface area contributed by atoms with Crippen molar-refractivity contribution in [2.24, 2.45) is 0 Å². The third kappa shape index (κ3) is 10.3. The lowest BCUT2D eigenvalue weighted by molar-refractivity contribution is 0.446. The fourth-order valence-electron chi connectivity index (χ4n) is 9.60. The zero-order valence-corrected chi connectivity index (χ0v) is 48.5. The standard InChI is InChI=1S/C66H74N4O2S2/c1-61(2,3)41-27-37(45-21-19-23-53-55(45)69-59(73-53)47-31-43(63(7,8)9)33-49(57(47)71)65(13,14)15)25-39(29-41)51-35-52(68-36-67-51)40-26-38(28-42(30-40)62(4,5)6)46-22-20-24-54-56(46)70-60(74-54)48-32-44(64(10,11)12)34-50(58(48)72)66(16,17)18/h19-36,71-72H,1-18H3. The Balaban J connectivity index is 1.16. The number of hydrogen-bond acceptors (Lipinski definition) is 8. The van der Waals surface area contributed by atoms with Crippen molar-refractivity contribution in [3.8, 4) is 77.4 Å². The highest BCUT2D eigenvalue weighted by molar-refractivity contribution is 7.22. The molecule has 0 saturated carbocycles. The Morgan fingerprint density at radius 3 is 1.03 bits per heavy atom. The first-order valence-electron chi connectivity index (χ1n) is 26.0. The molecule has 8 heteroatoms. The number of rotatable bonds is 6. The number of hydrogen-bond donors (Lipinski definition) is 2. The molecule has 0 fully saturated rings. The highest BCUT2D eigenvalue weighted by Gasteiger charge is 2.30. The van der Waals surface area contributed by atoms with Gasteiger partial charge in [-0.3, -0.25) is 0 Å². The molecule has 74 heavy (non-hydrogen) atoms. The van der Waals surface area contributed by atoms with Crippen LogP contribution in [0.15, 0.2) is 109 Å². The molecule has 0 amide bonds. The van der Waals surface area contributed by atoms with Gasteiger partial charge in [0, 0.05) is 33.4 Å². The summed E-state index contributed by atoms with van der Waals surface area (Å²) in [5.74, 6) is 0.594. The molecule has 9 aromatic rings. The van der Waals surface area contributed by atoms with Gasteiger partial charge in [0.2, 0.25) is 0 Å². The van der Waals surface area contributed by atoms with Crippen LogP contribution in [0.5, 0.6) is 11.5 Å². The highest BCUT2D eigenvalue weighted by atomic mass is 32.1. The largest absolute Gasteiger partial charge is 0.507 e. The van der Waals surface area contributed by atoms with E-state index in [1.807, 2.05) is 0 Å². The molecule has 0 bridgehead atoms. The number of thiazole rings is 2. The van der Waals surface area contributed by atoms with E-state index in [-0.39, 0.29) is 32.5 Å². The molecule has 0 saturated heterocycles. The van der Waals surface area contributed by atoms with Crippen LogP contribution in [0, 0.1) is 0 Å². The molecule has 0 atom stereocenters. The molecule has 0 aliphatic rings. The van der Waals surface area contributed by atoms with Crippen molar-refractivity contribution in [1.82, 2.24) is 19.9 Å². The summed E-state index contributed by atoms with van der Waals surface area (Å²) in [7, 11) is 0. The average molecular weight is 1020 g/mol. The van der Waals surface area contributed by atoms with Gasteiger partial charge >= 0.3 is 0 Å². The Bertz CT molecular complexity index is 3410. The molecular weight excluding hydrogens is 945 g/mol. The van der Waals surface area contributed by atoms with Crippen LogP contribution in [-0.2, 0) is 32.5 Å². The minimum Gasteiger partial charge on any atom is -0.507 e. The summed E-state index contributed by atoms with van der Waals surface area (Å²) < 4.78 is 2.12. The topological polar surface area (TPSA) is 92.0 Å². The van der Waals surface area contributed by atoms with Gasteiger partial charge in [0.1, 0.15) is 27.8 Å². The van der Waals surface area contributed by atoms with Crippen molar-refractivity contribution in [2.45, 2.75) is 157 Å². The number of benzene rings is 6. The average Bonchev–Trinajstić information content (AvgIpc) is 3.94. The summed E-state index contributed by atoms with van der Waals surface area (Å²) in [5, 5.41) is 25.4. The minimum atomic E-state index is -0.255. The SMILES string of the molecule is CC(C)(C)c1cc(-c2cc(-c3cc(-c4cccc5sc(-c6cc(C(C)(C)C)cc(C(C)(C)C)c6O)nc45)cc(C(C)(C)C)c3)ncn2)cc(-c2cccc3sc(-c4cc(C(C)(C)C)cc(C(C)(C)C)c4O)nc23)c1. The molecule has 9 rings (SSSR count). The van der Waals surface area contributed by atoms with Gasteiger partial charge in [0.25, 0.3) is 0 Å². The second-order valence-corrected chi connectivity index (χ2v) is 28.6. The molecule has 2 N–H and O–H groups in total. The van der Waals surface area contributed by atoms with Crippen molar-refractivity contribution in [2.75, 3.05) is 0 Å². The van der Waals surface area contributed by atoms with Crippen LogP contribution in [-0.4, -0.2) is 30.1 Å². The maximum Gasteiger partial charge on any atom is 0.129 e. The number of phenols is 2. The molecule has 0 radical (unpaired) electrons. The molecule has 0 aliphatic carbocycles. The van der Waals surface area contributed by atoms with Gasteiger partial charge < -0.3 is 10.2 Å². The Morgan fingerprint density at radius 2 is 0.689 bits per heavy atom. The molecular formula is C66H74N4O2S2. The lowest BCUT2D eigenvalue weighted by Crippen LogP contribution is -2.17. The second kappa shape index (κ2) is 18.3. The number of para-hydroxylation sites is 2. The van der Waals surface area contributed by atoms with Crippen molar-refractivity contribution in [3.05, 3.63) is 143 Å². The zero-order valence-electron chi connectivity index (χ0n) is 46.9. The van der Waals surface area contributed by atoms with E-state index >= 15 is 0 Å². The van der Waals surface area contributed by atoms with E-state index in [9.17, 15) is 10.2 Å². The van der Waals surface area contributed by atoms with E-state index in [2.05, 4.69) is 228 Å². The Kier molecular flexibility index (Phi) is 13.0. The van der Waals surface area contributed by atoms with Crippen LogP contribution in [0.4, 0.5) is 0 Å². The molecule has 0 aliphatic heterocycles. The van der Waals surface area contributed by atoms with Crippen molar-refractivity contribution in [3.63, 3.8) is 0 Å². The van der Waals surface area contributed by atoms with Gasteiger partial charge in [-0.05, 0) is 120 Å². The summed E-state index contributed by atoms with van der Waals surface area (Å²) in [5.41, 5.74) is 16.7. The predicted molar refractivity (Wildman–Crippen MR) is 317 cm³/mol. The lowest BCUT2D eigenvalue weighted by atomic mass is 9.79. The van der Waals surface area contributed by atoms with Crippen LogP contribution >= 0.6 is 22.7 Å². The van der Waals surface area contributed by atoms with Crippen molar-refractivity contribution >= 4 is 43.1 Å². The smallest absolute Gasteiger partial charge is 0.129 e. The third-order valence-corrected chi connectivity index (χ3v) is 16.5. The van der Waals surface area contributed by atoms with E-state index in [0.717, 1.165) is 97.5 Å². The van der Waals surface area contributed by atoms with E-state index in [1.54, 1.807) is 29.0 Å². The minimum absolute atomic E-state index is 0.114. The van der Waals surface area contributed by atoms with E-state index in [4.69, 9.17) is 19.9 Å². The summed E-state index contributed by atoms with van der Waals surface area (Å²) in [6.07, 6.45) is 1.69. The van der Waals surface area contributed by atoms with Gasteiger partial charge in [0.15, 0.2) is 0 Å². The maximum absolute atomic E-state index is 11.9. The second-order valence-electron chi connectivity index (χ2n) is 26.6. The Morgan fingerprint density at radius 1 is 0.351 bits per heavy atom. The first-order valence-corrected chi connectivity index (χ1v) is 27.6. The normalized spacial score (nSPS) is 13.1. The van der Waals surface area contributed by atoms with Crippen LogP contribution in [0.25, 0.3) is 86.3 Å².